The molecule has 1 saturated carbocycles. The number of rotatable bonds is 6. The predicted molar refractivity (Wildman–Crippen MR) is 118 cm³/mol. The number of pyridine rings is 1. The summed E-state index contributed by atoms with van der Waals surface area (Å²) >= 11 is 0. The summed E-state index contributed by atoms with van der Waals surface area (Å²) in [7, 11) is -3.35. The minimum atomic E-state index is -4.49. The van der Waals surface area contributed by atoms with E-state index in [2.05, 4.69) is 30.5 Å². The maximum atomic E-state index is 13.5. The van der Waals surface area contributed by atoms with Gasteiger partial charge in [0.1, 0.15) is 0 Å². The SMILES string of the molecule is CC(C)(C)Cn1cc(CNS(=O)(=O)C2CC2)c2ccc(-c3cnccc3C(F)(F)F)cc21. The zero-order valence-corrected chi connectivity index (χ0v) is 19.0. The molecule has 32 heavy (non-hydrogen) atoms. The van der Waals surface area contributed by atoms with E-state index in [1.54, 1.807) is 18.2 Å². The van der Waals surface area contributed by atoms with Crippen molar-refractivity contribution in [3.05, 3.63) is 54.0 Å². The number of halogens is 3. The van der Waals surface area contributed by atoms with Crippen molar-refractivity contribution in [1.82, 2.24) is 14.3 Å². The Labute approximate surface area is 185 Å². The standard InChI is InChI=1S/C23H26F3N3O2S/c1-22(2,3)14-29-13-16(11-28-32(30,31)17-5-6-17)18-7-4-15(10-21(18)29)19-12-27-9-8-20(19)23(24,25)26/h4,7-10,12-13,17,28H,5-6,11,14H2,1-3H3. The predicted octanol–water partition coefficient (Wildman–Crippen LogP) is 5.35. The van der Waals surface area contributed by atoms with Crippen LogP contribution in [0.25, 0.3) is 22.0 Å². The van der Waals surface area contributed by atoms with E-state index in [0.29, 0.717) is 24.9 Å². The van der Waals surface area contributed by atoms with Gasteiger partial charge in [-0.05, 0) is 41.5 Å². The fraction of sp³-hybridized carbons (Fsp3) is 0.435. The van der Waals surface area contributed by atoms with Crippen LogP contribution in [0.1, 0.15) is 44.7 Å². The van der Waals surface area contributed by atoms with Crippen LogP contribution < -0.4 is 4.72 Å². The number of aromatic nitrogens is 2. The Morgan fingerprint density at radius 2 is 1.88 bits per heavy atom. The fourth-order valence-corrected chi connectivity index (χ4v) is 5.21. The lowest BCUT2D eigenvalue weighted by molar-refractivity contribution is -0.137. The van der Waals surface area contributed by atoms with E-state index in [1.165, 1.54) is 6.20 Å². The van der Waals surface area contributed by atoms with E-state index in [0.717, 1.165) is 28.7 Å². The molecule has 1 aliphatic rings. The lowest BCUT2D eigenvalue weighted by Crippen LogP contribution is -2.26. The second kappa shape index (κ2) is 7.88. The molecule has 0 saturated heterocycles. The maximum absolute atomic E-state index is 13.5. The van der Waals surface area contributed by atoms with Gasteiger partial charge in [0, 0.05) is 48.1 Å². The summed E-state index contributed by atoms with van der Waals surface area (Å²) in [5.41, 5.74) is 1.16. The van der Waals surface area contributed by atoms with Gasteiger partial charge in [-0.25, -0.2) is 13.1 Å². The lowest BCUT2D eigenvalue weighted by atomic mass is 9.96. The van der Waals surface area contributed by atoms with Crippen LogP contribution in [0.3, 0.4) is 0 Å². The van der Waals surface area contributed by atoms with Crippen molar-refractivity contribution in [3.8, 4) is 11.1 Å². The minimum Gasteiger partial charge on any atom is -0.347 e. The van der Waals surface area contributed by atoms with E-state index >= 15 is 0 Å². The highest BCUT2D eigenvalue weighted by atomic mass is 32.2. The average molecular weight is 466 g/mol. The monoisotopic (exact) mass is 465 g/mol. The van der Waals surface area contributed by atoms with Gasteiger partial charge in [0.25, 0.3) is 0 Å². The van der Waals surface area contributed by atoms with Gasteiger partial charge in [-0.1, -0.05) is 32.9 Å². The van der Waals surface area contributed by atoms with Crippen molar-refractivity contribution >= 4 is 20.9 Å². The van der Waals surface area contributed by atoms with Crippen LogP contribution in [0.5, 0.6) is 0 Å². The smallest absolute Gasteiger partial charge is 0.347 e. The number of sulfonamides is 1. The van der Waals surface area contributed by atoms with Crippen LogP contribution in [-0.4, -0.2) is 23.2 Å². The van der Waals surface area contributed by atoms with Gasteiger partial charge in [0.15, 0.2) is 0 Å². The van der Waals surface area contributed by atoms with Crippen molar-refractivity contribution in [2.24, 2.45) is 5.41 Å². The summed E-state index contributed by atoms with van der Waals surface area (Å²) < 4.78 is 69.8. The van der Waals surface area contributed by atoms with Gasteiger partial charge in [0.05, 0.1) is 10.8 Å². The van der Waals surface area contributed by atoms with Crippen molar-refractivity contribution in [3.63, 3.8) is 0 Å². The highest BCUT2D eigenvalue weighted by Gasteiger charge is 2.36. The molecule has 0 amide bonds. The third-order valence-corrected chi connectivity index (χ3v) is 7.37. The van der Waals surface area contributed by atoms with Gasteiger partial charge in [0.2, 0.25) is 10.0 Å². The normalized spacial score (nSPS) is 15.4. The number of nitrogens with zero attached hydrogens (tertiary/aromatic N) is 2. The van der Waals surface area contributed by atoms with Gasteiger partial charge < -0.3 is 4.57 Å². The first-order chi connectivity index (χ1) is 14.9. The molecule has 172 valence electrons. The van der Waals surface area contributed by atoms with Crippen LogP contribution in [0.2, 0.25) is 0 Å². The molecular formula is C23H26F3N3O2S. The molecule has 9 heteroatoms. The number of hydrogen-bond donors (Lipinski definition) is 1. The second-order valence-electron chi connectivity index (χ2n) is 9.56. The zero-order chi connectivity index (χ0) is 23.3. The first kappa shape index (κ1) is 22.8. The van der Waals surface area contributed by atoms with Crippen LogP contribution in [0.4, 0.5) is 13.2 Å². The van der Waals surface area contributed by atoms with E-state index in [1.807, 2.05) is 10.8 Å². The molecule has 1 N–H and O–H groups in total. The molecule has 1 aliphatic carbocycles. The average Bonchev–Trinajstić information content (AvgIpc) is 3.50. The van der Waals surface area contributed by atoms with Crippen LogP contribution in [0.15, 0.2) is 42.9 Å². The topological polar surface area (TPSA) is 64.0 Å². The third-order valence-electron chi connectivity index (χ3n) is 5.47. The zero-order valence-electron chi connectivity index (χ0n) is 18.2. The summed E-state index contributed by atoms with van der Waals surface area (Å²) in [4.78, 5) is 3.90. The summed E-state index contributed by atoms with van der Waals surface area (Å²) in [5, 5.41) is 0.498. The highest BCUT2D eigenvalue weighted by molar-refractivity contribution is 7.90. The Balaban J connectivity index is 1.79. The fourth-order valence-electron chi connectivity index (χ4n) is 3.86. The molecule has 0 atom stereocenters. The number of benzene rings is 1. The molecule has 5 nitrogen and oxygen atoms in total. The quantitative estimate of drug-likeness (QED) is 0.534. The molecule has 4 rings (SSSR count). The van der Waals surface area contributed by atoms with Crippen molar-refractivity contribution in [2.45, 2.75) is 58.1 Å². The Hall–Kier alpha value is -2.39. The lowest BCUT2D eigenvalue weighted by Gasteiger charge is -2.20. The molecule has 0 unspecified atom stereocenters. The van der Waals surface area contributed by atoms with E-state index in [9.17, 15) is 21.6 Å². The molecular weight excluding hydrogens is 439 g/mol. The summed E-state index contributed by atoms with van der Waals surface area (Å²) in [6.07, 6.45) is 1.12. The summed E-state index contributed by atoms with van der Waals surface area (Å²) in [6.45, 7) is 6.98. The third kappa shape index (κ3) is 4.83. The molecule has 0 bridgehead atoms. The van der Waals surface area contributed by atoms with Crippen LogP contribution >= 0.6 is 0 Å². The first-order valence-corrected chi connectivity index (χ1v) is 12.0. The highest BCUT2D eigenvalue weighted by Crippen LogP contribution is 2.38. The Bertz CT molecular complexity index is 1250. The van der Waals surface area contributed by atoms with Gasteiger partial charge in [-0.2, -0.15) is 13.2 Å². The van der Waals surface area contributed by atoms with Crippen molar-refractivity contribution in [2.75, 3.05) is 0 Å². The second-order valence-corrected chi connectivity index (χ2v) is 11.6. The molecule has 2 heterocycles. The molecule has 0 spiro atoms. The number of fused-ring (bicyclic) bond motifs is 1. The van der Waals surface area contributed by atoms with Crippen LogP contribution in [-0.2, 0) is 29.3 Å². The van der Waals surface area contributed by atoms with Crippen LogP contribution in [0, 0.1) is 5.41 Å². The molecule has 0 aliphatic heterocycles. The van der Waals surface area contributed by atoms with E-state index in [-0.39, 0.29) is 22.8 Å². The molecule has 1 aromatic carbocycles. The molecule has 1 fully saturated rings. The summed E-state index contributed by atoms with van der Waals surface area (Å²) in [5.74, 6) is 0. The molecule has 0 radical (unpaired) electrons. The van der Waals surface area contributed by atoms with Crippen molar-refractivity contribution in [1.29, 1.82) is 0 Å². The number of nitrogens with one attached hydrogen (secondary N) is 1. The Kier molecular flexibility index (Phi) is 5.61. The van der Waals surface area contributed by atoms with Gasteiger partial charge in [-0.15, -0.1) is 0 Å². The minimum absolute atomic E-state index is 0.0152. The molecule has 2 aromatic heterocycles. The molecule has 3 aromatic rings. The summed E-state index contributed by atoms with van der Waals surface area (Å²) in [6, 6.07) is 6.10. The van der Waals surface area contributed by atoms with Gasteiger partial charge in [-0.3, -0.25) is 4.98 Å². The van der Waals surface area contributed by atoms with E-state index < -0.39 is 21.8 Å². The number of hydrogen-bond acceptors (Lipinski definition) is 3. The van der Waals surface area contributed by atoms with Gasteiger partial charge >= 0.3 is 6.18 Å². The first-order valence-electron chi connectivity index (χ1n) is 10.5. The maximum Gasteiger partial charge on any atom is 0.417 e. The van der Waals surface area contributed by atoms with Crippen molar-refractivity contribution < 1.29 is 21.6 Å². The Morgan fingerprint density at radius 1 is 1.16 bits per heavy atom. The Morgan fingerprint density at radius 3 is 2.50 bits per heavy atom. The number of alkyl halides is 3. The largest absolute Gasteiger partial charge is 0.417 e. The van der Waals surface area contributed by atoms with E-state index in [4.69, 9.17) is 0 Å².